The lowest BCUT2D eigenvalue weighted by Gasteiger charge is -2.36. The summed E-state index contributed by atoms with van der Waals surface area (Å²) in [5.41, 5.74) is 3.02. The minimum Gasteiger partial charge on any atom is -0.298 e. The number of pyridine rings is 1. The third-order valence-corrected chi connectivity index (χ3v) is 8.38. The summed E-state index contributed by atoms with van der Waals surface area (Å²) in [4.78, 5) is 10.0. The van der Waals surface area contributed by atoms with E-state index in [9.17, 15) is 8.42 Å². The molecular weight excluding hydrogens is 408 g/mol. The first kappa shape index (κ1) is 22.4. The van der Waals surface area contributed by atoms with Gasteiger partial charge in [-0.25, -0.2) is 8.42 Å². The summed E-state index contributed by atoms with van der Waals surface area (Å²) in [6.45, 7) is 11.1. The van der Waals surface area contributed by atoms with Gasteiger partial charge < -0.3 is 0 Å². The number of rotatable bonds is 6. The van der Waals surface area contributed by atoms with E-state index in [0.717, 1.165) is 63.2 Å². The molecular formula is C24H34N4O2S. The maximum atomic E-state index is 12.8. The van der Waals surface area contributed by atoms with Gasteiger partial charge in [0, 0.05) is 63.6 Å². The van der Waals surface area contributed by atoms with Crippen molar-refractivity contribution in [3.05, 3.63) is 48.2 Å². The molecule has 0 bridgehead atoms. The zero-order valence-electron chi connectivity index (χ0n) is 18.7. The van der Waals surface area contributed by atoms with E-state index >= 15 is 0 Å². The summed E-state index contributed by atoms with van der Waals surface area (Å²) in [5.74, 6) is 0. The summed E-state index contributed by atoms with van der Waals surface area (Å²) in [7, 11) is -3.39. The Labute approximate surface area is 186 Å². The van der Waals surface area contributed by atoms with E-state index in [1.807, 2.05) is 24.4 Å². The van der Waals surface area contributed by atoms with Gasteiger partial charge in [0.15, 0.2) is 0 Å². The van der Waals surface area contributed by atoms with Crippen LogP contribution in [0.5, 0.6) is 0 Å². The van der Waals surface area contributed by atoms with E-state index in [4.69, 9.17) is 0 Å². The third-order valence-electron chi connectivity index (χ3n) is 6.47. The van der Waals surface area contributed by atoms with Crippen LogP contribution in [0.15, 0.2) is 47.5 Å². The standard InChI is InChI=1S/C24H34N4O2S/c1-20(2)27-16-14-26(15-17-27)19-21-6-11-24(25-18-21)22-7-9-23(10-8-22)31(29,30)28-12-4-3-5-13-28/h6-11,18,20H,3-5,12-17,19H2,1-2H3. The molecule has 2 aliphatic heterocycles. The number of sulfonamides is 1. The molecule has 0 amide bonds. The van der Waals surface area contributed by atoms with E-state index in [-0.39, 0.29) is 0 Å². The van der Waals surface area contributed by atoms with Crippen LogP contribution in [-0.2, 0) is 16.6 Å². The second-order valence-corrected chi connectivity index (χ2v) is 10.9. The minimum atomic E-state index is -3.39. The van der Waals surface area contributed by atoms with Crippen molar-refractivity contribution in [2.75, 3.05) is 39.3 Å². The molecule has 2 fully saturated rings. The molecule has 6 nitrogen and oxygen atoms in total. The fourth-order valence-corrected chi connectivity index (χ4v) is 5.95. The zero-order chi connectivity index (χ0) is 21.8. The number of benzene rings is 1. The molecule has 1 aromatic heterocycles. The molecule has 0 radical (unpaired) electrons. The molecule has 3 heterocycles. The Kier molecular flexibility index (Phi) is 7.06. The number of hydrogen-bond donors (Lipinski definition) is 0. The van der Waals surface area contributed by atoms with Crippen LogP contribution in [0.4, 0.5) is 0 Å². The van der Waals surface area contributed by atoms with Crippen molar-refractivity contribution in [2.24, 2.45) is 0 Å². The highest BCUT2D eigenvalue weighted by molar-refractivity contribution is 7.89. The first-order valence-corrected chi connectivity index (χ1v) is 12.9. The van der Waals surface area contributed by atoms with Gasteiger partial charge in [-0.3, -0.25) is 14.8 Å². The quantitative estimate of drug-likeness (QED) is 0.686. The Hall–Kier alpha value is -1.80. The first-order valence-electron chi connectivity index (χ1n) is 11.5. The van der Waals surface area contributed by atoms with Gasteiger partial charge in [0.1, 0.15) is 0 Å². The third kappa shape index (κ3) is 5.34. The average Bonchev–Trinajstić information content (AvgIpc) is 2.81. The maximum Gasteiger partial charge on any atom is 0.243 e. The van der Waals surface area contributed by atoms with Crippen molar-refractivity contribution in [2.45, 2.75) is 50.6 Å². The van der Waals surface area contributed by atoms with Crippen LogP contribution in [0.3, 0.4) is 0 Å². The second kappa shape index (κ2) is 9.77. The Morgan fingerprint density at radius 3 is 2.13 bits per heavy atom. The average molecular weight is 443 g/mol. The monoisotopic (exact) mass is 442 g/mol. The van der Waals surface area contributed by atoms with Crippen molar-refractivity contribution in [1.29, 1.82) is 0 Å². The molecule has 2 aromatic rings. The topological polar surface area (TPSA) is 56.8 Å². The van der Waals surface area contributed by atoms with E-state index in [2.05, 4.69) is 34.7 Å². The summed E-state index contributed by atoms with van der Waals surface area (Å²) in [6.07, 6.45) is 4.95. The van der Waals surface area contributed by atoms with Crippen LogP contribution in [0.2, 0.25) is 0 Å². The Bertz CT molecular complexity index is 944. The summed E-state index contributed by atoms with van der Waals surface area (Å²) < 4.78 is 27.3. The lowest BCUT2D eigenvalue weighted by molar-refractivity contribution is 0.104. The minimum absolute atomic E-state index is 0.371. The molecule has 1 aromatic carbocycles. The van der Waals surface area contributed by atoms with Crippen LogP contribution >= 0.6 is 0 Å². The molecule has 7 heteroatoms. The van der Waals surface area contributed by atoms with Crippen molar-refractivity contribution in [3.63, 3.8) is 0 Å². The summed E-state index contributed by atoms with van der Waals surface area (Å²) in [5, 5.41) is 0. The van der Waals surface area contributed by atoms with Gasteiger partial charge in [-0.05, 0) is 50.5 Å². The molecule has 0 N–H and O–H groups in total. The molecule has 4 rings (SSSR count). The van der Waals surface area contributed by atoms with Crippen LogP contribution in [0.1, 0.15) is 38.7 Å². The molecule has 168 valence electrons. The molecule has 0 spiro atoms. The van der Waals surface area contributed by atoms with Crippen molar-refractivity contribution >= 4 is 10.0 Å². The molecule has 0 unspecified atom stereocenters. The highest BCUT2D eigenvalue weighted by atomic mass is 32.2. The van der Waals surface area contributed by atoms with Crippen LogP contribution in [-0.4, -0.2) is 72.8 Å². The Balaban J connectivity index is 1.38. The first-order chi connectivity index (χ1) is 14.9. The fourth-order valence-electron chi connectivity index (χ4n) is 4.44. The Morgan fingerprint density at radius 2 is 1.55 bits per heavy atom. The normalized spacial score (nSPS) is 19.7. The molecule has 31 heavy (non-hydrogen) atoms. The van der Waals surface area contributed by atoms with Gasteiger partial charge in [0.05, 0.1) is 10.6 Å². The molecule has 0 saturated carbocycles. The van der Waals surface area contributed by atoms with E-state index in [0.29, 0.717) is 24.0 Å². The van der Waals surface area contributed by atoms with Gasteiger partial charge in [0.2, 0.25) is 10.0 Å². The number of aromatic nitrogens is 1. The highest BCUT2D eigenvalue weighted by Gasteiger charge is 2.25. The molecule has 2 saturated heterocycles. The van der Waals surface area contributed by atoms with Crippen molar-refractivity contribution in [1.82, 2.24) is 19.1 Å². The van der Waals surface area contributed by atoms with E-state index < -0.39 is 10.0 Å². The number of piperidine rings is 1. The van der Waals surface area contributed by atoms with Gasteiger partial charge >= 0.3 is 0 Å². The molecule has 0 atom stereocenters. The SMILES string of the molecule is CC(C)N1CCN(Cc2ccc(-c3ccc(S(=O)(=O)N4CCCCC4)cc3)nc2)CC1. The van der Waals surface area contributed by atoms with E-state index in [1.165, 1.54) is 5.56 Å². The van der Waals surface area contributed by atoms with Crippen molar-refractivity contribution < 1.29 is 8.42 Å². The van der Waals surface area contributed by atoms with Gasteiger partial charge in [-0.1, -0.05) is 24.6 Å². The summed E-state index contributed by atoms with van der Waals surface area (Å²) in [6, 6.07) is 11.9. The Morgan fingerprint density at radius 1 is 0.871 bits per heavy atom. The smallest absolute Gasteiger partial charge is 0.243 e. The van der Waals surface area contributed by atoms with Gasteiger partial charge in [-0.2, -0.15) is 4.31 Å². The van der Waals surface area contributed by atoms with Gasteiger partial charge in [0.25, 0.3) is 0 Å². The predicted octanol–water partition coefficient (Wildman–Crippen LogP) is 3.45. The highest BCUT2D eigenvalue weighted by Crippen LogP contribution is 2.24. The predicted molar refractivity (Wildman–Crippen MR) is 124 cm³/mol. The number of hydrogen-bond acceptors (Lipinski definition) is 5. The second-order valence-electron chi connectivity index (χ2n) is 8.95. The summed E-state index contributed by atoms with van der Waals surface area (Å²) >= 11 is 0. The number of nitrogens with zero attached hydrogens (tertiary/aromatic N) is 4. The van der Waals surface area contributed by atoms with E-state index in [1.54, 1.807) is 16.4 Å². The lowest BCUT2D eigenvalue weighted by atomic mass is 10.1. The lowest BCUT2D eigenvalue weighted by Crippen LogP contribution is -2.48. The maximum absolute atomic E-state index is 12.8. The van der Waals surface area contributed by atoms with Crippen LogP contribution in [0, 0.1) is 0 Å². The van der Waals surface area contributed by atoms with Crippen LogP contribution < -0.4 is 0 Å². The molecule has 2 aliphatic rings. The fraction of sp³-hybridized carbons (Fsp3) is 0.542. The van der Waals surface area contributed by atoms with Gasteiger partial charge in [-0.15, -0.1) is 0 Å². The van der Waals surface area contributed by atoms with Crippen LogP contribution in [0.25, 0.3) is 11.3 Å². The zero-order valence-corrected chi connectivity index (χ0v) is 19.5. The van der Waals surface area contributed by atoms with Crippen molar-refractivity contribution in [3.8, 4) is 11.3 Å². The largest absolute Gasteiger partial charge is 0.298 e. The molecule has 0 aliphatic carbocycles. The number of piperazine rings is 1.